The fourth-order valence-electron chi connectivity index (χ4n) is 2.88. The second-order valence-corrected chi connectivity index (χ2v) is 5.90. The fraction of sp³-hybridized carbons (Fsp3) is 0.222. The first-order valence-electron chi connectivity index (χ1n) is 7.70. The third-order valence-corrected chi connectivity index (χ3v) is 4.05. The molecule has 2 aromatic carbocycles. The Kier molecular flexibility index (Phi) is 3.37. The molecule has 1 aliphatic rings. The van der Waals surface area contributed by atoms with Gasteiger partial charge < -0.3 is 19.4 Å². The minimum absolute atomic E-state index is 0.0400. The summed E-state index contributed by atoms with van der Waals surface area (Å²) in [5.74, 6) is 2.26. The summed E-state index contributed by atoms with van der Waals surface area (Å²) in [6.07, 6.45) is 0. The van der Waals surface area contributed by atoms with Gasteiger partial charge in [-0.15, -0.1) is 0 Å². The molecule has 6 heteroatoms. The summed E-state index contributed by atoms with van der Waals surface area (Å²) in [5, 5.41) is 0. The molecule has 122 valence electrons. The van der Waals surface area contributed by atoms with Crippen molar-refractivity contribution in [1.29, 1.82) is 0 Å². The zero-order valence-corrected chi connectivity index (χ0v) is 13.5. The molecule has 0 saturated carbocycles. The van der Waals surface area contributed by atoms with E-state index < -0.39 is 0 Å². The van der Waals surface area contributed by atoms with Crippen molar-refractivity contribution in [3.05, 3.63) is 53.3 Å². The summed E-state index contributed by atoms with van der Waals surface area (Å²) in [5.41, 5.74) is 3.36. The van der Waals surface area contributed by atoms with Gasteiger partial charge in [0.1, 0.15) is 5.82 Å². The largest absolute Gasteiger partial charge is 0.454 e. The summed E-state index contributed by atoms with van der Waals surface area (Å²) in [6.45, 7) is 2.64. The molecule has 0 saturated heterocycles. The highest BCUT2D eigenvalue weighted by molar-refractivity contribution is 5.97. The molecule has 3 aromatic rings. The van der Waals surface area contributed by atoms with Gasteiger partial charge in [0.2, 0.25) is 6.79 Å². The van der Waals surface area contributed by atoms with Crippen LogP contribution in [0.5, 0.6) is 11.5 Å². The van der Waals surface area contributed by atoms with Crippen molar-refractivity contribution in [2.24, 2.45) is 0 Å². The van der Waals surface area contributed by atoms with Crippen LogP contribution >= 0.6 is 0 Å². The van der Waals surface area contributed by atoms with Crippen LogP contribution in [0.25, 0.3) is 11.0 Å². The van der Waals surface area contributed by atoms with Gasteiger partial charge >= 0.3 is 0 Å². The molecule has 0 atom stereocenters. The number of fused-ring (bicyclic) bond motifs is 2. The first kappa shape index (κ1) is 14.6. The van der Waals surface area contributed by atoms with Crippen LogP contribution in [0.1, 0.15) is 21.7 Å². The lowest BCUT2D eigenvalue weighted by atomic mass is 10.1. The number of benzene rings is 2. The van der Waals surface area contributed by atoms with E-state index in [4.69, 9.17) is 9.47 Å². The SMILES string of the molecule is Cc1nc2ccc(C(=O)N(C)Cc3ccc4c(c3)OCO4)cc2[nH]1. The molecule has 0 unspecified atom stereocenters. The molecule has 0 fully saturated rings. The lowest BCUT2D eigenvalue weighted by Gasteiger charge is -2.17. The summed E-state index contributed by atoms with van der Waals surface area (Å²) in [7, 11) is 1.79. The van der Waals surface area contributed by atoms with E-state index in [1.807, 2.05) is 37.3 Å². The van der Waals surface area contributed by atoms with Crippen molar-refractivity contribution in [3.8, 4) is 11.5 Å². The lowest BCUT2D eigenvalue weighted by Crippen LogP contribution is -2.26. The number of ether oxygens (including phenoxy) is 2. The Morgan fingerprint density at radius 3 is 2.92 bits per heavy atom. The minimum Gasteiger partial charge on any atom is -0.454 e. The Balaban J connectivity index is 1.54. The number of rotatable bonds is 3. The van der Waals surface area contributed by atoms with E-state index in [0.29, 0.717) is 12.1 Å². The Bertz CT molecular complexity index is 932. The van der Waals surface area contributed by atoms with Crippen LogP contribution in [0.2, 0.25) is 0 Å². The van der Waals surface area contributed by atoms with E-state index in [1.165, 1.54) is 0 Å². The Morgan fingerprint density at radius 1 is 1.21 bits per heavy atom. The number of aryl methyl sites for hydroxylation is 1. The van der Waals surface area contributed by atoms with Gasteiger partial charge in [-0.3, -0.25) is 4.79 Å². The normalized spacial score (nSPS) is 12.6. The molecule has 6 nitrogen and oxygen atoms in total. The van der Waals surface area contributed by atoms with Crippen molar-refractivity contribution >= 4 is 16.9 Å². The van der Waals surface area contributed by atoms with Gasteiger partial charge in [-0.1, -0.05) is 6.07 Å². The molecule has 4 rings (SSSR count). The highest BCUT2D eigenvalue weighted by Gasteiger charge is 2.17. The van der Waals surface area contributed by atoms with Gasteiger partial charge in [0.15, 0.2) is 11.5 Å². The van der Waals surface area contributed by atoms with Gasteiger partial charge in [-0.2, -0.15) is 0 Å². The number of H-pyrrole nitrogens is 1. The molecular formula is C18H17N3O3. The maximum absolute atomic E-state index is 12.7. The number of hydrogen-bond acceptors (Lipinski definition) is 4. The number of imidazole rings is 1. The van der Waals surface area contributed by atoms with Crippen molar-refractivity contribution in [2.45, 2.75) is 13.5 Å². The summed E-state index contributed by atoms with van der Waals surface area (Å²) >= 11 is 0. The molecule has 1 N–H and O–H groups in total. The van der Waals surface area contributed by atoms with E-state index in [1.54, 1.807) is 18.0 Å². The van der Waals surface area contributed by atoms with E-state index in [-0.39, 0.29) is 12.7 Å². The maximum atomic E-state index is 12.7. The monoisotopic (exact) mass is 323 g/mol. The average Bonchev–Trinajstić information content (AvgIpc) is 3.17. The molecule has 1 aliphatic heterocycles. The average molecular weight is 323 g/mol. The van der Waals surface area contributed by atoms with Gasteiger partial charge in [0, 0.05) is 19.2 Å². The van der Waals surface area contributed by atoms with E-state index in [2.05, 4.69) is 9.97 Å². The number of carbonyl (C=O) groups excluding carboxylic acids is 1. The number of aromatic amines is 1. The fourth-order valence-corrected chi connectivity index (χ4v) is 2.88. The van der Waals surface area contributed by atoms with Gasteiger partial charge in [0.25, 0.3) is 5.91 Å². The van der Waals surface area contributed by atoms with Crippen LogP contribution in [0.4, 0.5) is 0 Å². The molecule has 0 aliphatic carbocycles. The second kappa shape index (κ2) is 5.56. The van der Waals surface area contributed by atoms with Crippen LogP contribution in [0.3, 0.4) is 0 Å². The summed E-state index contributed by atoms with van der Waals surface area (Å²) in [6, 6.07) is 11.2. The first-order valence-corrected chi connectivity index (χ1v) is 7.70. The molecule has 24 heavy (non-hydrogen) atoms. The van der Waals surface area contributed by atoms with E-state index in [9.17, 15) is 4.79 Å². The van der Waals surface area contributed by atoms with E-state index >= 15 is 0 Å². The first-order chi connectivity index (χ1) is 11.6. The van der Waals surface area contributed by atoms with Crippen LogP contribution in [0.15, 0.2) is 36.4 Å². The van der Waals surface area contributed by atoms with E-state index in [0.717, 1.165) is 33.9 Å². The highest BCUT2D eigenvalue weighted by Crippen LogP contribution is 2.32. The van der Waals surface area contributed by atoms with Crippen LogP contribution < -0.4 is 9.47 Å². The van der Waals surface area contributed by atoms with Crippen molar-refractivity contribution in [2.75, 3.05) is 13.8 Å². The number of aromatic nitrogens is 2. The third-order valence-electron chi connectivity index (χ3n) is 4.05. The number of amides is 1. The number of hydrogen-bond donors (Lipinski definition) is 1. The molecule has 1 aromatic heterocycles. The predicted octanol–water partition coefficient (Wildman–Crippen LogP) is 2.87. The van der Waals surface area contributed by atoms with Crippen LogP contribution in [0, 0.1) is 6.92 Å². The van der Waals surface area contributed by atoms with Crippen LogP contribution in [-0.4, -0.2) is 34.6 Å². The van der Waals surface area contributed by atoms with Gasteiger partial charge in [-0.25, -0.2) is 4.98 Å². The third kappa shape index (κ3) is 2.56. The Labute approximate surface area is 139 Å². The number of carbonyl (C=O) groups is 1. The molecule has 0 bridgehead atoms. The second-order valence-electron chi connectivity index (χ2n) is 5.90. The zero-order chi connectivity index (χ0) is 16.7. The van der Waals surface area contributed by atoms with Crippen molar-refractivity contribution < 1.29 is 14.3 Å². The molecule has 0 spiro atoms. The number of nitrogens with one attached hydrogen (secondary N) is 1. The topological polar surface area (TPSA) is 67.5 Å². The van der Waals surface area contributed by atoms with Crippen molar-refractivity contribution in [1.82, 2.24) is 14.9 Å². The highest BCUT2D eigenvalue weighted by atomic mass is 16.7. The smallest absolute Gasteiger partial charge is 0.253 e. The van der Waals surface area contributed by atoms with Gasteiger partial charge in [-0.05, 0) is 42.8 Å². The number of nitrogens with zero attached hydrogens (tertiary/aromatic N) is 2. The van der Waals surface area contributed by atoms with Crippen LogP contribution in [-0.2, 0) is 6.54 Å². The zero-order valence-electron chi connectivity index (χ0n) is 13.5. The lowest BCUT2D eigenvalue weighted by molar-refractivity contribution is 0.0785. The standard InChI is InChI=1S/C18H17N3O3/c1-11-19-14-5-4-13(8-15(14)20-11)18(22)21(2)9-12-3-6-16-17(7-12)24-10-23-16/h3-8H,9-10H2,1-2H3,(H,19,20). The summed E-state index contributed by atoms with van der Waals surface area (Å²) in [4.78, 5) is 21.9. The molecule has 1 amide bonds. The quantitative estimate of drug-likeness (QED) is 0.805. The molecular weight excluding hydrogens is 306 g/mol. The molecule has 2 heterocycles. The minimum atomic E-state index is -0.0400. The maximum Gasteiger partial charge on any atom is 0.253 e. The molecule has 0 radical (unpaired) electrons. The Morgan fingerprint density at radius 2 is 2.04 bits per heavy atom. The summed E-state index contributed by atoms with van der Waals surface area (Å²) < 4.78 is 10.7. The van der Waals surface area contributed by atoms with Crippen molar-refractivity contribution in [3.63, 3.8) is 0 Å². The van der Waals surface area contributed by atoms with Gasteiger partial charge in [0.05, 0.1) is 11.0 Å². The predicted molar refractivity (Wildman–Crippen MR) is 89.2 cm³/mol. The Hall–Kier alpha value is -3.02.